The molecule has 3 aromatic rings. The first-order valence-electron chi connectivity index (χ1n) is 11.2. The van der Waals surface area contributed by atoms with Gasteiger partial charge in [-0.25, -0.2) is 4.68 Å². The van der Waals surface area contributed by atoms with Crippen LogP contribution in [0.4, 0.5) is 0 Å². The molecule has 3 heterocycles. The van der Waals surface area contributed by atoms with E-state index in [2.05, 4.69) is 63.8 Å². The maximum absolute atomic E-state index is 11.1. The lowest BCUT2D eigenvalue weighted by Gasteiger charge is -2.31. The lowest BCUT2D eigenvalue weighted by Crippen LogP contribution is -2.43. The zero-order valence-corrected chi connectivity index (χ0v) is 19.3. The molecule has 5 rings (SSSR count). The zero-order valence-electron chi connectivity index (χ0n) is 18.5. The molecule has 2 aliphatic heterocycles. The molecule has 1 saturated heterocycles. The number of rotatable bonds is 6. The second-order valence-electron chi connectivity index (χ2n) is 8.25. The quantitative estimate of drug-likeness (QED) is 0.535. The van der Waals surface area contributed by atoms with Gasteiger partial charge >= 0.3 is 10.1 Å². The van der Waals surface area contributed by atoms with Crippen molar-refractivity contribution >= 4 is 10.1 Å². The van der Waals surface area contributed by atoms with Crippen LogP contribution in [0.25, 0.3) is 0 Å². The summed E-state index contributed by atoms with van der Waals surface area (Å²) in [6.45, 7) is 5.00. The highest BCUT2D eigenvalue weighted by molar-refractivity contribution is 7.86. The summed E-state index contributed by atoms with van der Waals surface area (Å²) in [4.78, 5) is 2.08. The van der Waals surface area contributed by atoms with Gasteiger partial charge in [0.15, 0.2) is 4.90 Å². The maximum Gasteiger partial charge on any atom is 0.301 e. The minimum absolute atomic E-state index is 0.146. The molecule has 1 atom stereocenters. The molecule has 0 spiro atoms. The standard InChI is InChI=1S/C14H15N.C10H15N3O4S/c1-3-7-13(8-4-1)11-15-12-14-9-5-2-6-10-14;14-18(15,16)9-5-11-13-6-8(7-17-10(9)13)12-3-1-2-4-12/h1-10,15H,11-12H2;5,8H,1-4,6-7H2,(H,14,15,16). The van der Waals surface area contributed by atoms with E-state index in [1.54, 1.807) is 0 Å². The Hall–Kier alpha value is -2.72. The topological polar surface area (TPSA) is 96.7 Å². The van der Waals surface area contributed by atoms with Crippen LogP contribution in [-0.2, 0) is 29.8 Å². The summed E-state index contributed by atoms with van der Waals surface area (Å²) < 4.78 is 38.2. The lowest BCUT2D eigenvalue weighted by molar-refractivity contribution is 0.0992. The summed E-state index contributed by atoms with van der Waals surface area (Å²) in [5, 5.41) is 7.39. The fourth-order valence-corrected chi connectivity index (χ4v) is 4.67. The van der Waals surface area contributed by atoms with Gasteiger partial charge in [-0.1, -0.05) is 60.7 Å². The molecule has 2 aromatic carbocycles. The minimum Gasteiger partial charge on any atom is -0.475 e. The molecular formula is C24H30N4O4S. The maximum atomic E-state index is 11.1. The van der Waals surface area contributed by atoms with Crippen molar-refractivity contribution in [1.82, 2.24) is 20.0 Å². The molecular weight excluding hydrogens is 440 g/mol. The van der Waals surface area contributed by atoms with Crippen LogP contribution in [-0.4, -0.2) is 53.4 Å². The van der Waals surface area contributed by atoms with Crippen LogP contribution in [0.5, 0.6) is 5.88 Å². The molecule has 8 nitrogen and oxygen atoms in total. The number of nitrogens with zero attached hydrogens (tertiary/aromatic N) is 3. The summed E-state index contributed by atoms with van der Waals surface area (Å²) in [5.41, 5.74) is 2.65. The van der Waals surface area contributed by atoms with E-state index >= 15 is 0 Å². The molecule has 1 unspecified atom stereocenters. The number of aromatic nitrogens is 2. The van der Waals surface area contributed by atoms with Gasteiger partial charge in [0.05, 0.1) is 18.8 Å². The third-order valence-corrected chi connectivity index (χ3v) is 6.67. The van der Waals surface area contributed by atoms with Crippen molar-refractivity contribution in [3.05, 3.63) is 78.0 Å². The Morgan fingerprint density at radius 1 is 0.970 bits per heavy atom. The van der Waals surface area contributed by atoms with Crippen molar-refractivity contribution in [3.63, 3.8) is 0 Å². The van der Waals surface area contributed by atoms with Crippen LogP contribution < -0.4 is 10.1 Å². The largest absolute Gasteiger partial charge is 0.475 e. The third-order valence-electron chi connectivity index (χ3n) is 5.83. The average molecular weight is 471 g/mol. The summed E-state index contributed by atoms with van der Waals surface area (Å²) in [7, 11) is -4.26. The highest BCUT2D eigenvalue weighted by Gasteiger charge is 2.32. The smallest absolute Gasteiger partial charge is 0.301 e. The number of fused-ring (bicyclic) bond motifs is 1. The molecule has 1 aromatic heterocycles. The molecule has 0 saturated carbocycles. The first-order valence-corrected chi connectivity index (χ1v) is 12.6. The van der Waals surface area contributed by atoms with E-state index in [1.165, 1.54) is 28.7 Å². The van der Waals surface area contributed by atoms with Crippen LogP contribution in [0.2, 0.25) is 0 Å². The van der Waals surface area contributed by atoms with Gasteiger partial charge in [0.25, 0.3) is 0 Å². The van der Waals surface area contributed by atoms with Gasteiger partial charge in [-0.2, -0.15) is 13.5 Å². The number of hydrogen-bond donors (Lipinski definition) is 2. The number of ether oxygens (including phenoxy) is 1. The highest BCUT2D eigenvalue weighted by Crippen LogP contribution is 2.28. The SMILES string of the molecule is O=S(=O)(O)c1cnn2c1OCC(N1CCCC1)C2.c1ccc(CNCc2ccccc2)cc1. The van der Waals surface area contributed by atoms with Gasteiger partial charge in [-0.3, -0.25) is 9.45 Å². The van der Waals surface area contributed by atoms with Crippen LogP contribution >= 0.6 is 0 Å². The molecule has 33 heavy (non-hydrogen) atoms. The van der Waals surface area contributed by atoms with Crippen molar-refractivity contribution in [2.45, 2.75) is 43.4 Å². The molecule has 0 bridgehead atoms. The predicted molar refractivity (Wildman–Crippen MR) is 126 cm³/mol. The Bertz CT molecular complexity index is 1070. The average Bonchev–Trinajstić information content (AvgIpc) is 3.51. The molecule has 0 aliphatic carbocycles. The second-order valence-corrected chi connectivity index (χ2v) is 9.64. The predicted octanol–water partition coefficient (Wildman–Crippen LogP) is 2.96. The van der Waals surface area contributed by atoms with Crippen LogP contribution in [0.1, 0.15) is 24.0 Å². The number of hydrogen-bond acceptors (Lipinski definition) is 6. The van der Waals surface area contributed by atoms with Crippen molar-refractivity contribution in [2.75, 3.05) is 19.7 Å². The van der Waals surface area contributed by atoms with E-state index in [1.807, 2.05) is 12.1 Å². The van der Waals surface area contributed by atoms with Crippen LogP contribution in [0.3, 0.4) is 0 Å². The fraction of sp³-hybridized carbons (Fsp3) is 0.375. The monoisotopic (exact) mass is 470 g/mol. The first kappa shape index (κ1) is 23.4. The van der Waals surface area contributed by atoms with E-state index in [0.717, 1.165) is 32.4 Å². The second kappa shape index (κ2) is 10.9. The summed E-state index contributed by atoms with van der Waals surface area (Å²) in [6.07, 6.45) is 3.52. The molecule has 0 amide bonds. The molecule has 2 N–H and O–H groups in total. The van der Waals surface area contributed by atoms with Crippen molar-refractivity contribution < 1.29 is 17.7 Å². The number of benzene rings is 2. The van der Waals surface area contributed by atoms with Crippen molar-refractivity contribution in [2.24, 2.45) is 0 Å². The Morgan fingerprint density at radius 3 is 2.09 bits per heavy atom. The summed E-state index contributed by atoms with van der Waals surface area (Å²) in [5.74, 6) is 0.146. The normalized spacial score (nSPS) is 18.2. The van der Waals surface area contributed by atoms with Gasteiger partial charge in [0.1, 0.15) is 6.61 Å². The minimum atomic E-state index is -4.26. The van der Waals surface area contributed by atoms with Gasteiger partial charge < -0.3 is 10.1 Å². The van der Waals surface area contributed by atoms with E-state index in [-0.39, 0.29) is 16.8 Å². The Morgan fingerprint density at radius 2 is 1.55 bits per heavy atom. The Kier molecular flexibility index (Phi) is 7.77. The number of nitrogens with one attached hydrogen (secondary N) is 1. The van der Waals surface area contributed by atoms with Gasteiger partial charge in [0, 0.05) is 13.1 Å². The van der Waals surface area contributed by atoms with E-state index in [4.69, 9.17) is 9.29 Å². The van der Waals surface area contributed by atoms with Gasteiger partial charge in [0.2, 0.25) is 5.88 Å². The highest BCUT2D eigenvalue weighted by atomic mass is 32.2. The number of likely N-dealkylation sites (tertiary alicyclic amines) is 1. The first-order chi connectivity index (χ1) is 16.0. The lowest BCUT2D eigenvalue weighted by atomic mass is 10.2. The van der Waals surface area contributed by atoms with Gasteiger partial charge in [-0.15, -0.1) is 0 Å². The van der Waals surface area contributed by atoms with Crippen LogP contribution in [0, 0.1) is 0 Å². The van der Waals surface area contributed by atoms with E-state index in [9.17, 15) is 8.42 Å². The van der Waals surface area contributed by atoms with E-state index in [0.29, 0.717) is 13.2 Å². The fourth-order valence-electron chi connectivity index (χ4n) is 4.11. The molecule has 0 radical (unpaired) electrons. The molecule has 176 valence electrons. The molecule has 9 heteroatoms. The third kappa shape index (κ3) is 6.42. The van der Waals surface area contributed by atoms with Crippen molar-refractivity contribution in [3.8, 4) is 5.88 Å². The Labute approximate surface area is 194 Å². The van der Waals surface area contributed by atoms with E-state index < -0.39 is 10.1 Å². The molecule has 2 aliphatic rings. The van der Waals surface area contributed by atoms with Gasteiger partial charge in [-0.05, 0) is 37.1 Å². The zero-order chi connectivity index (χ0) is 23.1. The summed E-state index contributed by atoms with van der Waals surface area (Å²) in [6, 6.07) is 21.1. The summed E-state index contributed by atoms with van der Waals surface area (Å²) >= 11 is 0. The Balaban J connectivity index is 0.000000160. The van der Waals surface area contributed by atoms with Crippen LogP contribution in [0.15, 0.2) is 71.8 Å². The van der Waals surface area contributed by atoms with Crippen molar-refractivity contribution in [1.29, 1.82) is 0 Å². The molecule has 1 fully saturated rings.